The lowest BCUT2D eigenvalue weighted by Gasteiger charge is -2.34. The van der Waals surface area contributed by atoms with Crippen LogP contribution in [-0.2, 0) is 0 Å². The smallest absolute Gasteiger partial charge is 0.255 e. The van der Waals surface area contributed by atoms with Crippen molar-refractivity contribution in [2.75, 3.05) is 32.7 Å². The van der Waals surface area contributed by atoms with Crippen LogP contribution in [0.15, 0.2) is 18.2 Å². The molecule has 1 aromatic rings. The summed E-state index contributed by atoms with van der Waals surface area (Å²) in [6, 6.07) is 5.87. The minimum atomic E-state index is 0.119. The van der Waals surface area contributed by atoms with Crippen LogP contribution >= 0.6 is 34.8 Å². The molecule has 1 amide bonds. The lowest BCUT2D eigenvalue weighted by Crippen LogP contribution is -2.50. The van der Waals surface area contributed by atoms with Crippen molar-refractivity contribution in [2.45, 2.75) is 6.92 Å². The van der Waals surface area contributed by atoms with Gasteiger partial charge in [-0.1, -0.05) is 24.4 Å². The van der Waals surface area contributed by atoms with Gasteiger partial charge in [0.1, 0.15) is 0 Å². The van der Waals surface area contributed by atoms with Crippen molar-refractivity contribution < 1.29 is 4.79 Å². The van der Waals surface area contributed by atoms with Gasteiger partial charge in [0, 0.05) is 36.3 Å². The maximum absolute atomic E-state index is 12.6. The Labute approximate surface area is 138 Å². The van der Waals surface area contributed by atoms with E-state index in [1.165, 1.54) is 0 Å². The van der Waals surface area contributed by atoms with E-state index in [2.05, 4.69) is 27.5 Å². The number of nitrogens with zero attached hydrogens (tertiary/aromatic N) is 2. The third-order valence-corrected chi connectivity index (χ3v) is 5.02. The zero-order valence-corrected chi connectivity index (χ0v) is 14.4. The summed E-state index contributed by atoms with van der Waals surface area (Å²) in [6.07, 6.45) is 0. The molecule has 0 unspecified atom stereocenters. The third-order valence-electron chi connectivity index (χ3n) is 3.46. The average Bonchev–Trinajstić information content (AvgIpc) is 2.41. The Balaban J connectivity index is 2.02. The average molecular weight is 403 g/mol. The topological polar surface area (TPSA) is 49.6 Å². The Morgan fingerprint density at radius 2 is 2.00 bits per heavy atom. The van der Waals surface area contributed by atoms with Crippen LogP contribution in [0.5, 0.6) is 0 Å². The lowest BCUT2D eigenvalue weighted by atomic mass is 10.1. The van der Waals surface area contributed by atoms with Gasteiger partial charge < -0.3 is 10.6 Å². The molecule has 2 N–H and O–H groups in total. The second-order valence-corrected chi connectivity index (χ2v) is 6.57. The number of piperazine rings is 1. The van der Waals surface area contributed by atoms with Crippen LogP contribution in [0.2, 0.25) is 0 Å². The highest BCUT2D eigenvalue weighted by atomic mass is 127. The highest BCUT2D eigenvalue weighted by molar-refractivity contribution is 14.1. The van der Waals surface area contributed by atoms with Gasteiger partial charge in [0.05, 0.1) is 10.6 Å². The molecule has 1 saturated heterocycles. The third kappa shape index (κ3) is 3.67. The fourth-order valence-corrected chi connectivity index (χ4v) is 3.09. The van der Waals surface area contributed by atoms with Gasteiger partial charge >= 0.3 is 0 Å². The van der Waals surface area contributed by atoms with Crippen LogP contribution in [0.25, 0.3) is 0 Å². The summed E-state index contributed by atoms with van der Waals surface area (Å²) in [4.78, 5) is 17.2. The molecule has 1 fully saturated rings. The quantitative estimate of drug-likeness (QED) is 0.616. The standard InChI is InChI=1S/C14H18IN3OS/c1-10-3-2-4-11(13(10)15)14(19)18-7-5-17(6-8-18)9-12(16)20/h2-4H,5-9H2,1H3,(H2,16,20). The molecule has 108 valence electrons. The molecule has 4 nitrogen and oxygen atoms in total. The van der Waals surface area contributed by atoms with Gasteiger partial charge in [-0.25, -0.2) is 0 Å². The van der Waals surface area contributed by atoms with Crippen LogP contribution in [-0.4, -0.2) is 53.4 Å². The van der Waals surface area contributed by atoms with E-state index in [-0.39, 0.29) is 5.91 Å². The minimum absolute atomic E-state index is 0.119. The van der Waals surface area contributed by atoms with Gasteiger partial charge in [-0.2, -0.15) is 0 Å². The number of rotatable bonds is 3. The number of benzene rings is 1. The van der Waals surface area contributed by atoms with Crippen LogP contribution in [0.4, 0.5) is 0 Å². The molecule has 0 radical (unpaired) electrons. The molecule has 20 heavy (non-hydrogen) atoms. The molecule has 0 aromatic heterocycles. The van der Waals surface area contributed by atoms with Crippen molar-refractivity contribution in [1.82, 2.24) is 9.80 Å². The van der Waals surface area contributed by atoms with Gasteiger partial charge in [-0.15, -0.1) is 0 Å². The highest BCUT2D eigenvalue weighted by Crippen LogP contribution is 2.19. The van der Waals surface area contributed by atoms with E-state index in [9.17, 15) is 4.79 Å². The maximum Gasteiger partial charge on any atom is 0.255 e. The summed E-state index contributed by atoms with van der Waals surface area (Å²) >= 11 is 7.16. The fourth-order valence-electron chi connectivity index (χ4n) is 2.31. The SMILES string of the molecule is Cc1cccc(C(=O)N2CCN(CC(N)=S)CC2)c1I. The molecule has 2 rings (SSSR count). The highest BCUT2D eigenvalue weighted by Gasteiger charge is 2.23. The monoisotopic (exact) mass is 403 g/mol. The Hall–Kier alpha value is -0.730. The maximum atomic E-state index is 12.6. The molecular weight excluding hydrogens is 385 g/mol. The van der Waals surface area contributed by atoms with E-state index in [4.69, 9.17) is 18.0 Å². The van der Waals surface area contributed by atoms with Gasteiger partial charge in [0.2, 0.25) is 0 Å². The first-order valence-electron chi connectivity index (χ1n) is 6.54. The number of hydrogen-bond donors (Lipinski definition) is 1. The molecule has 0 aliphatic carbocycles. The summed E-state index contributed by atoms with van der Waals surface area (Å²) in [5.41, 5.74) is 7.50. The first kappa shape index (κ1) is 15.7. The second-order valence-electron chi connectivity index (χ2n) is 4.97. The molecule has 1 aliphatic heterocycles. The van der Waals surface area contributed by atoms with E-state index in [1.807, 2.05) is 30.0 Å². The number of halogens is 1. The largest absolute Gasteiger partial charge is 0.392 e. The number of nitrogens with two attached hydrogens (primary N) is 1. The minimum Gasteiger partial charge on any atom is -0.392 e. The normalized spacial score (nSPS) is 16.2. The summed E-state index contributed by atoms with van der Waals surface area (Å²) in [7, 11) is 0. The van der Waals surface area contributed by atoms with Gasteiger partial charge in [-0.05, 0) is 41.1 Å². The zero-order chi connectivity index (χ0) is 14.7. The Morgan fingerprint density at radius 1 is 1.35 bits per heavy atom. The second kappa shape index (κ2) is 6.82. The number of carbonyl (C=O) groups is 1. The molecule has 6 heteroatoms. The summed E-state index contributed by atoms with van der Waals surface area (Å²) in [6.45, 7) is 5.77. The number of carbonyl (C=O) groups excluding carboxylic acids is 1. The van der Waals surface area contributed by atoms with Crippen LogP contribution in [0, 0.1) is 10.5 Å². The summed E-state index contributed by atoms with van der Waals surface area (Å²) in [5, 5.41) is 0. The predicted octanol–water partition coefficient (Wildman–Crippen LogP) is 1.64. The molecular formula is C14H18IN3OS. The van der Waals surface area contributed by atoms with Gasteiger partial charge in [-0.3, -0.25) is 9.69 Å². The Kier molecular flexibility index (Phi) is 5.34. The van der Waals surface area contributed by atoms with Crippen molar-refractivity contribution in [3.05, 3.63) is 32.9 Å². The first-order valence-corrected chi connectivity index (χ1v) is 8.03. The molecule has 0 atom stereocenters. The number of aryl methyl sites for hydroxylation is 1. The van der Waals surface area contributed by atoms with E-state index in [0.717, 1.165) is 40.9 Å². The van der Waals surface area contributed by atoms with Crippen molar-refractivity contribution in [2.24, 2.45) is 5.73 Å². The van der Waals surface area contributed by atoms with Crippen molar-refractivity contribution >= 4 is 45.7 Å². The van der Waals surface area contributed by atoms with E-state index < -0.39 is 0 Å². The van der Waals surface area contributed by atoms with E-state index in [1.54, 1.807) is 0 Å². The van der Waals surface area contributed by atoms with Crippen LogP contribution in [0.1, 0.15) is 15.9 Å². The molecule has 1 heterocycles. The zero-order valence-electron chi connectivity index (χ0n) is 11.4. The van der Waals surface area contributed by atoms with Crippen LogP contribution in [0.3, 0.4) is 0 Å². The van der Waals surface area contributed by atoms with E-state index in [0.29, 0.717) is 11.5 Å². The fraction of sp³-hybridized carbons (Fsp3) is 0.429. The van der Waals surface area contributed by atoms with Crippen LogP contribution < -0.4 is 5.73 Å². The molecule has 1 aromatic carbocycles. The first-order chi connectivity index (χ1) is 9.49. The number of amides is 1. The van der Waals surface area contributed by atoms with Gasteiger partial charge in [0.15, 0.2) is 0 Å². The van der Waals surface area contributed by atoms with E-state index >= 15 is 0 Å². The number of hydrogen-bond acceptors (Lipinski definition) is 3. The molecule has 1 aliphatic rings. The van der Waals surface area contributed by atoms with Crippen molar-refractivity contribution in [3.63, 3.8) is 0 Å². The Bertz CT molecular complexity index is 527. The summed E-state index contributed by atoms with van der Waals surface area (Å²) < 4.78 is 1.04. The lowest BCUT2D eigenvalue weighted by molar-refractivity contribution is 0.0653. The van der Waals surface area contributed by atoms with Crippen molar-refractivity contribution in [3.8, 4) is 0 Å². The molecule has 0 spiro atoms. The molecule has 0 saturated carbocycles. The number of thiocarbonyl (C=S) groups is 1. The molecule has 0 bridgehead atoms. The summed E-state index contributed by atoms with van der Waals surface area (Å²) in [5.74, 6) is 0.119. The van der Waals surface area contributed by atoms with Gasteiger partial charge in [0.25, 0.3) is 5.91 Å². The Morgan fingerprint density at radius 3 is 2.60 bits per heavy atom. The van der Waals surface area contributed by atoms with Crippen molar-refractivity contribution in [1.29, 1.82) is 0 Å². The predicted molar refractivity (Wildman–Crippen MR) is 93.0 cm³/mol.